The van der Waals surface area contributed by atoms with Crippen LogP contribution in [0, 0.1) is 0 Å². The standard InChI is InChI=1S/C33H34N2O3/c1-3-37-34(27-17-9-5-10-18-27,28-19-11-6-12-20-28)31-25-26-32(36)33(31)35(38-4-2,29-21-13-7-14-22-29)30-23-15-8-16-24-30/h5-26,31,33H,3-4H2,1-2H3/q+2. The predicted octanol–water partition coefficient (Wildman–Crippen LogP) is 7.44. The fourth-order valence-corrected chi connectivity index (χ4v) is 5.71. The first-order valence-electron chi connectivity index (χ1n) is 13.2. The van der Waals surface area contributed by atoms with Crippen molar-refractivity contribution in [1.82, 2.24) is 9.29 Å². The molecule has 2 atom stereocenters. The van der Waals surface area contributed by atoms with Gasteiger partial charge in [-0.05, 0) is 26.0 Å². The largest absolute Gasteiger partial charge is 0.288 e. The number of carbonyl (C=O) groups is 1. The van der Waals surface area contributed by atoms with E-state index in [9.17, 15) is 4.79 Å². The molecule has 0 bridgehead atoms. The van der Waals surface area contributed by atoms with Crippen molar-refractivity contribution >= 4 is 28.5 Å². The van der Waals surface area contributed by atoms with Gasteiger partial charge in [-0.3, -0.25) is 4.79 Å². The number of para-hydroxylation sites is 4. The van der Waals surface area contributed by atoms with E-state index in [-0.39, 0.29) is 15.1 Å². The molecule has 0 aromatic heterocycles. The van der Waals surface area contributed by atoms with Crippen LogP contribution in [0.2, 0.25) is 0 Å². The molecule has 0 saturated carbocycles. The van der Waals surface area contributed by atoms with Gasteiger partial charge in [0.15, 0.2) is 22.7 Å². The summed E-state index contributed by atoms with van der Waals surface area (Å²) in [5, 5.41) is 0. The number of hydrogen-bond acceptors (Lipinski definition) is 3. The molecule has 0 radical (unpaired) electrons. The zero-order valence-electron chi connectivity index (χ0n) is 21.9. The van der Waals surface area contributed by atoms with Gasteiger partial charge >= 0.3 is 0 Å². The number of benzene rings is 4. The smallest absolute Gasteiger partial charge is 0.251 e. The highest BCUT2D eigenvalue weighted by Gasteiger charge is 2.63. The lowest BCUT2D eigenvalue weighted by Gasteiger charge is -2.45. The second-order valence-electron chi connectivity index (χ2n) is 9.19. The van der Waals surface area contributed by atoms with Crippen molar-refractivity contribution in [2.75, 3.05) is 13.2 Å². The number of hydrogen-bond donors (Lipinski definition) is 0. The highest BCUT2D eigenvalue weighted by atomic mass is 16.7. The molecule has 0 amide bonds. The summed E-state index contributed by atoms with van der Waals surface area (Å²) in [5.41, 5.74) is 3.63. The highest BCUT2D eigenvalue weighted by molar-refractivity contribution is 6.01. The summed E-state index contributed by atoms with van der Waals surface area (Å²) in [6.07, 6.45) is 3.70. The highest BCUT2D eigenvalue weighted by Crippen LogP contribution is 2.48. The maximum Gasteiger partial charge on any atom is 0.251 e. The van der Waals surface area contributed by atoms with Gasteiger partial charge in [0.05, 0.1) is 0 Å². The number of carbonyl (C=O) groups excluding carboxylic acids is 1. The van der Waals surface area contributed by atoms with Gasteiger partial charge in [0.1, 0.15) is 13.2 Å². The summed E-state index contributed by atoms with van der Waals surface area (Å²) in [5.74, 6) is -0.00905. The second kappa shape index (κ2) is 11.3. The fourth-order valence-electron chi connectivity index (χ4n) is 5.71. The minimum absolute atomic E-state index is 0.00905. The molecule has 0 N–H and O–H groups in total. The average molecular weight is 507 g/mol. The van der Waals surface area contributed by atoms with Crippen molar-refractivity contribution in [3.8, 4) is 0 Å². The van der Waals surface area contributed by atoms with Crippen LogP contribution in [-0.4, -0.2) is 31.1 Å². The third kappa shape index (κ3) is 4.30. The SMILES string of the molecule is CCO[N+](c1ccccc1)(c1ccccc1)C1C=CC(=O)C1[N+](OCC)(c1ccccc1)c1ccccc1. The lowest BCUT2D eigenvalue weighted by atomic mass is 10.0. The minimum Gasteiger partial charge on any atom is -0.288 e. The Morgan fingerprint density at radius 3 is 1.26 bits per heavy atom. The molecule has 5 heteroatoms. The summed E-state index contributed by atoms with van der Waals surface area (Å²) in [7, 11) is 0. The van der Waals surface area contributed by atoms with Crippen molar-refractivity contribution in [2.24, 2.45) is 0 Å². The Bertz CT molecular complexity index is 1280. The van der Waals surface area contributed by atoms with E-state index in [0.29, 0.717) is 13.2 Å². The van der Waals surface area contributed by atoms with Gasteiger partial charge in [-0.2, -0.15) is 9.68 Å². The molecule has 0 spiro atoms. The lowest BCUT2D eigenvalue weighted by Crippen LogP contribution is -2.67. The number of quaternary nitrogens is 2. The molecule has 0 saturated heterocycles. The van der Waals surface area contributed by atoms with Crippen molar-refractivity contribution in [3.05, 3.63) is 133 Å². The van der Waals surface area contributed by atoms with Crippen LogP contribution in [0.25, 0.3) is 0 Å². The molecule has 1 aliphatic rings. The molecule has 4 aromatic rings. The first-order chi connectivity index (χ1) is 18.7. The van der Waals surface area contributed by atoms with Crippen LogP contribution in [-0.2, 0) is 14.5 Å². The summed E-state index contributed by atoms with van der Waals surface area (Å²) in [6, 6.07) is 39.3. The van der Waals surface area contributed by atoms with Crippen LogP contribution in [0.4, 0.5) is 22.7 Å². The van der Waals surface area contributed by atoms with Gasteiger partial charge in [0, 0.05) is 48.5 Å². The van der Waals surface area contributed by atoms with Crippen LogP contribution < -0.4 is 9.29 Å². The molecule has 1 aliphatic carbocycles. The van der Waals surface area contributed by atoms with E-state index in [1.807, 2.05) is 117 Å². The molecular weight excluding hydrogens is 472 g/mol. The summed E-state index contributed by atoms with van der Waals surface area (Å²) >= 11 is 0. The maximum absolute atomic E-state index is 14.1. The normalized spacial score (nSPS) is 17.6. The van der Waals surface area contributed by atoms with Gasteiger partial charge < -0.3 is 0 Å². The molecule has 0 aliphatic heterocycles. The summed E-state index contributed by atoms with van der Waals surface area (Å²) in [4.78, 5) is 27.6. The molecule has 5 nitrogen and oxygen atoms in total. The zero-order valence-corrected chi connectivity index (χ0v) is 21.9. The van der Waals surface area contributed by atoms with Crippen LogP contribution >= 0.6 is 0 Å². The topological polar surface area (TPSA) is 35.5 Å². The van der Waals surface area contributed by atoms with E-state index in [0.717, 1.165) is 22.7 Å². The lowest BCUT2D eigenvalue weighted by molar-refractivity contribution is -0.177. The first kappa shape index (κ1) is 25.8. The Labute approximate surface area is 224 Å². The third-order valence-electron chi connectivity index (χ3n) is 7.11. The van der Waals surface area contributed by atoms with E-state index in [1.165, 1.54) is 0 Å². The molecule has 38 heavy (non-hydrogen) atoms. The third-order valence-corrected chi connectivity index (χ3v) is 7.11. The van der Waals surface area contributed by atoms with Crippen LogP contribution in [0.15, 0.2) is 133 Å². The van der Waals surface area contributed by atoms with Crippen LogP contribution in [0.5, 0.6) is 0 Å². The molecule has 0 heterocycles. The Kier molecular flexibility index (Phi) is 7.63. The van der Waals surface area contributed by atoms with Gasteiger partial charge in [-0.25, -0.2) is 0 Å². The fraction of sp³-hybridized carbons (Fsp3) is 0.182. The summed E-state index contributed by atoms with van der Waals surface area (Å²) in [6.45, 7) is 4.82. The van der Waals surface area contributed by atoms with E-state index < -0.39 is 12.1 Å². The zero-order chi connectivity index (χ0) is 26.4. The van der Waals surface area contributed by atoms with E-state index >= 15 is 0 Å². The first-order valence-corrected chi connectivity index (χ1v) is 13.2. The Morgan fingerprint density at radius 2 is 0.895 bits per heavy atom. The molecule has 192 valence electrons. The van der Waals surface area contributed by atoms with Crippen molar-refractivity contribution in [1.29, 1.82) is 0 Å². The van der Waals surface area contributed by atoms with Crippen LogP contribution in [0.3, 0.4) is 0 Å². The van der Waals surface area contributed by atoms with Gasteiger partial charge in [-0.1, -0.05) is 77.4 Å². The maximum atomic E-state index is 14.1. The quantitative estimate of drug-likeness (QED) is 0.166. The van der Waals surface area contributed by atoms with Gasteiger partial charge in [0.25, 0.3) is 6.04 Å². The molecular formula is C33H34N2O3+2. The summed E-state index contributed by atoms with van der Waals surface area (Å²) < 4.78 is -0.0563. The Hall–Kier alpha value is -3.87. The number of rotatable bonds is 10. The molecule has 2 unspecified atom stereocenters. The minimum atomic E-state index is -0.660. The monoisotopic (exact) mass is 506 g/mol. The second-order valence-corrected chi connectivity index (χ2v) is 9.19. The molecule has 5 rings (SSSR count). The number of nitrogens with zero attached hydrogens (tertiary/aromatic N) is 2. The van der Waals surface area contributed by atoms with Crippen molar-refractivity contribution in [2.45, 2.75) is 25.9 Å². The van der Waals surface area contributed by atoms with Gasteiger partial charge in [-0.15, -0.1) is 4.65 Å². The van der Waals surface area contributed by atoms with E-state index in [2.05, 4.69) is 24.3 Å². The molecule has 0 fully saturated rings. The number of ketones is 1. The van der Waals surface area contributed by atoms with Crippen LogP contribution in [0.1, 0.15) is 13.8 Å². The van der Waals surface area contributed by atoms with Gasteiger partial charge in [0.2, 0.25) is 11.8 Å². The van der Waals surface area contributed by atoms with Crippen molar-refractivity contribution in [3.63, 3.8) is 0 Å². The Balaban J connectivity index is 1.83. The van der Waals surface area contributed by atoms with E-state index in [1.54, 1.807) is 6.08 Å². The van der Waals surface area contributed by atoms with E-state index in [4.69, 9.17) is 9.68 Å². The predicted molar refractivity (Wildman–Crippen MR) is 154 cm³/mol. The molecule has 4 aromatic carbocycles. The average Bonchev–Trinajstić information content (AvgIpc) is 3.38. The Morgan fingerprint density at radius 1 is 0.553 bits per heavy atom. The van der Waals surface area contributed by atoms with Crippen molar-refractivity contribution < 1.29 is 14.5 Å². The number of hydroxylamine groups is 2.